The standard InChI is InChI=1S/C12H15BrFNO/c1-16-11-5-10(6-11)15-7-8-4-9(14)2-3-12(8)13/h2-4,10-11,15H,5-7H2,1H3. The molecule has 0 saturated heterocycles. The molecule has 1 saturated carbocycles. The summed E-state index contributed by atoms with van der Waals surface area (Å²) in [4.78, 5) is 0. The quantitative estimate of drug-likeness (QED) is 0.920. The fourth-order valence-corrected chi connectivity index (χ4v) is 2.24. The lowest BCUT2D eigenvalue weighted by Gasteiger charge is -2.34. The van der Waals surface area contributed by atoms with Crippen LogP contribution in [-0.4, -0.2) is 19.3 Å². The maximum atomic E-state index is 13.0. The Bertz CT molecular complexity index is 366. The lowest BCUT2D eigenvalue weighted by molar-refractivity contribution is 0.0170. The maximum Gasteiger partial charge on any atom is 0.123 e. The average Bonchev–Trinajstić information content (AvgIpc) is 2.21. The van der Waals surface area contributed by atoms with E-state index < -0.39 is 0 Å². The number of methoxy groups -OCH3 is 1. The third-order valence-corrected chi connectivity index (χ3v) is 3.79. The maximum absolute atomic E-state index is 13.0. The van der Waals surface area contributed by atoms with Crippen molar-refractivity contribution in [1.82, 2.24) is 5.32 Å². The summed E-state index contributed by atoms with van der Waals surface area (Å²) in [5.74, 6) is -0.191. The minimum atomic E-state index is -0.191. The second kappa shape index (κ2) is 5.25. The van der Waals surface area contributed by atoms with E-state index in [2.05, 4.69) is 21.2 Å². The molecule has 0 unspecified atom stereocenters. The molecule has 1 aromatic carbocycles. The van der Waals surface area contributed by atoms with Crippen molar-refractivity contribution in [3.05, 3.63) is 34.1 Å². The number of nitrogens with one attached hydrogen (secondary N) is 1. The van der Waals surface area contributed by atoms with Crippen LogP contribution in [0, 0.1) is 5.82 Å². The zero-order valence-corrected chi connectivity index (χ0v) is 10.8. The second-order valence-electron chi connectivity index (χ2n) is 4.14. The highest BCUT2D eigenvalue weighted by atomic mass is 79.9. The third kappa shape index (κ3) is 2.81. The lowest BCUT2D eigenvalue weighted by Crippen LogP contribution is -2.44. The number of hydrogen-bond acceptors (Lipinski definition) is 2. The molecule has 0 heterocycles. The van der Waals surface area contributed by atoms with Gasteiger partial charge in [-0.25, -0.2) is 4.39 Å². The molecule has 2 nitrogen and oxygen atoms in total. The largest absolute Gasteiger partial charge is 0.381 e. The Morgan fingerprint density at radius 1 is 1.50 bits per heavy atom. The minimum Gasteiger partial charge on any atom is -0.381 e. The number of benzene rings is 1. The van der Waals surface area contributed by atoms with Crippen LogP contribution in [0.2, 0.25) is 0 Å². The zero-order chi connectivity index (χ0) is 11.5. The molecule has 2 rings (SSSR count). The molecule has 0 radical (unpaired) electrons. The average molecular weight is 288 g/mol. The molecule has 1 fully saturated rings. The van der Waals surface area contributed by atoms with Gasteiger partial charge in [0.2, 0.25) is 0 Å². The highest BCUT2D eigenvalue weighted by Gasteiger charge is 2.28. The molecule has 1 aromatic rings. The topological polar surface area (TPSA) is 21.3 Å². The molecule has 0 atom stereocenters. The molecular weight excluding hydrogens is 273 g/mol. The SMILES string of the molecule is COC1CC(NCc2cc(F)ccc2Br)C1. The third-order valence-electron chi connectivity index (χ3n) is 3.02. The Labute approximate surface area is 103 Å². The molecular formula is C12H15BrFNO. The van der Waals surface area contributed by atoms with Crippen molar-refractivity contribution < 1.29 is 9.13 Å². The van der Waals surface area contributed by atoms with E-state index in [4.69, 9.17) is 4.74 Å². The summed E-state index contributed by atoms with van der Waals surface area (Å²) < 4.78 is 19.2. The van der Waals surface area contributed by atoms with Crippen molar-refractivity contribution in [3.63, 3.8) is 0 Å². The Morgan fingerprint density at radius 2 is 2.25 bits per heavy atom. The molecule has 88 valence electrons. The van der Waals surface area contributed by atoms with Gasteiger partial charge >= 0.3 is 0 Å². The summed E-state index contributed by atoms with van der Waals surface area (Å²) in [6, 6.07) is 5.26. The van der Waals surface area contributed by atoms with Crippen LogP contribution in [0.5, 0.6) is 0 Å². The van der Waals surface area contributed by atoms with Gasteiger partial charge in [-0.05, 0) is 36.6 Å². The Balaban J connectivity index is 1.83. The summed E-state index contributed by atoms with van der Waals surface area (Å²) in [7, 11) is 1.74. The van der Waals surface area contributed by atoms with E-state index in [1.165, 1.54) is 6.07 Å². The van der Waals surface area contributed by atoms with Gasteiger partial charge in [0.15, 0.2) is 0 Å². The van der Waals surface area contributed by atoms with Crippen LogP contribution in [0.25, 0.3) is 0 Å². The summed E-state index contributed by atoms with van der Waals surface area (Å²) in [6.07, 6.45) is 2.49. The highest BCUT2D eigenvalue weighted by molar-refractivity contribution is 9.10. The monoisotopic (exact) mass is 287 g/mol. The molecule has 1 aliphatic carbocycles. The molecule has 0 bridgehead atoms. The van der Waals surface area contributed by atoms with Gasteiger partial charge in [-0.15, -0.1) is 0 Å². The fourth-order valence-electron chi connectivity index (χ4n) is 1.86. The van der Waals surface area contributed by atoms with E-state index in [1.54, 1.807) is 19.2 Å². The molecule has 1 N–H and O–H groups in total. The molecule has 16 heavy (non-hydrogen) atoms. The van der Waals surface area contributed by atoms with Crippen molar-refractivity contribution in [2.24, 2.45) is 0 Å². The predicted octanol–water partition coefficient (Wildman–Crippen LogP) is 2.86. The van der Waals surface area contributed by atoms with Gasteiger partial charge in [-0.2, -0.15) is 0 Å². The number of halogens is 2. The van der Waals surface area contributed by atoms with Crippen LogP contribution in [0.3, 0.4) is 0 Å². The normalized spacial score (nSPS) is 24.2. The number of ether oxygens (including phenoxy) is 1. The number of rotatable bonds is 4. The van der Waals surface area contributed by atoms with Gasteiger partial charge in [0.25, 0.3) is 0 Å². The van der Waals surface area contributed by atoms with Gasteiger partial charge in [0.1, 0.15) is 5.82 Å². The van der Waals surface area contributed by atoms with E-state index in [0.29, 0.717) is 18.7 Å². The van der Waals surface area contributed by atoms with Gasteiger partial charge < -0.3 is 10.1 Å². The predicted molar refractivity (Wildman–Crippen MR) is 64.8 cm³/mol. The van der Waals surface area contributed by atoms with Crippen molar-refractivity contribution in [1.29, 1.82) is 0 Å². The van der Waals surface area contributed by atoms with E-state index in [9.17, 15) is 4.39 Å². The summed E-state index contributed by atoms with van der Waals surface area (Å²) in [5.41, 5.74) is 0.959. The lowest BCUT2D eigenvalue weighted by atomic mass is 9.89. The van der Waals surface area contributed by atoms with E-state index in [-0.39, 0.29) is 5.82 Å². The Kier molecular flexibility index (Phi) is 3.95. The first kappa shape index (κ1) is 12.0. The van der Waals surface area contributed by atoms with Gasteiger partial charge in [-0.1, -0.05) is 15.9 Å². The van der Waals surface area contributed by atoms with Crippen LogP contribution in [-0.2, 0) is 11.3 Å². The van der Waals surface area contributed by atoms with E-state index in [0.717, 1.165) is 22.9 Å². The van der Waals surface area contributed by atoms with Crippen LogP contribution >= 0.6 is 15.9 Å². The first-order chi connectivity index (χ1) is 7.69. The van der Waals surface area contributed by atoms with Gasteiger partial charge in [-0.3, -0.25) is 0 Å². The van der Waals surface area contributed by atoms with Crippen LogP contribution in [0.15, 0.2) is 22.7 Å². The summed E-state index contributed by atoms with van der Waals surface area (Å²) >= 11 is 3.41. The fraction of sp³-hybridized carbons (Fsp3) is 0.500. The van der Waals surface area contributed by atoms with Crippen molar-refractivity contribution in [3.8, 4) is 0 Å². The van der Waals surface area contributed by atoms with Gasteiger partial charge in [0, 0.05) is 24.2 Å². The van der Waals surface area contributed by atoms with Crippen molar-refractivity contribution in [2.45, 2.75) is 31.5 Å². The first-order valence-electron chi connectivity index (χ1n) is 5.39. The van der Waals surface area contributed by atoms with Crippen molar-refractivity contribution >= 4 is 15.9 Å². The van der Waals surface area contributed by atoms with Crippen LogP contribution < -0.4 is 5.32 Å². The molecule has 0 amide bonds. The summed E-state index contributed by atoms with van der Waals surface area (Å²) in [5, 5.41) is 3.39. The Hall–Kier alpha value is -0.450. The minimum absolute atomic E-state index is 0.191. The van der Waals surface area contributed by atoms with Gasteiger partial charge in [0.05, 0.1) is 6.10 Å². The van der Waals surface area contributed by atoms with E-state index >= 15 is 0 Å². The highest BCUT2D eigenvalue weighted by Crippen LogP contribution is 2.24. The summed E-state index contributed by atoms with van der Waals surface area (Å²) in [6.45, 7) is 0.694. The smallest absolute Gasteiger partial charge is 0.123 e. The molecule has 4 heteroatoms. The van der Waals surface area contributed by atoms with E-state index in [1.807, 2.05) is 0 Å². The first-order valence-corrected chi connectivity index (χ1v) is 6.18. The van der Waals surface area contributed by atoms with Crippen LogP contribution in [0.4, 0.5) is 4.39 Å². The second-order valence-corrected chi connectivity index (χ2v) is 5.00. The molecule has 0 aromatic heterocycles. The zero-order valence-electron chi connectivity index (χ0n) is 9.17. The number of hydrogen-bond donors (Lipinski definition) is 1. The van der Waals surface area contributed by atoms with Crippen LogP contribution in [0.1, 0.15) is 18.4 Å². The Morgan fingerprint density at radius 3 is 2.94 bits per heavy atom. The molecule has 0 spiro atoms. The molecule has 0 aliphatic heterocycles. The molecule has 1 aliphatic rings. The van der Waals surface area contributed by atoms with Crippen molar-refractivity contribution in [2.75, 3.05) is 7.11 Å².